The molecule has 1 aliphatic rings. The van der Waals surface area contributed by atoms with Crippen LogP contribution in [-0.4, -0.2) is 45.3 Å². The Kier molecular flexibility index (Phi) is 5.76. The zero-order valence-corrected chi connectivity index (χ0v) is 17.1. The van der Waals surface area contributed by atoms with Crippen molar-refractivity contribution in [3.8, 4) is 11.1 Å². The molecule has 8 heteroatoms. The first-order valence-electron chi connectivity index (χ1n) is 9.59. The number of rotatable bonds is 6. The molecule has 0 saturated heterocycles. The minimum atomic E-state index is -1.33. The smallest absolute Gasteiger partial charge is 0.407 e. The molecule has 1 heterocycles. The monoisotopic (exact) mass is 427 g/mol. The van der Waals surface area contributed by atoms with Crippen LogP contribution in [0.5, 0.6) is 0 Å². The first kappa shape index (κ1) is 20.4. The van der Waals surface area contributed by atoms with E-state index < -0.39 is 18.3 Å². The molecule has 1 aliphatic carbocycles. The second kappa shape index (κ2) is 8.47. The van der Waals surface area contributed by atoms with E-state index >= 15 is 0 Å². The molecule has 2 aromatic carbocycles. The molecule has 30 heavy (non-hydrogen) atoms. The SMILES string of the molecule is Cn1cc(Cl)c(C(O)C(O)CNC(=O)OCC2c3ccccc3-c3ccccc32)n1. The summed E-state index contributed by atoms with van der Waals surface area (Å²) in [5.74, 6) is -0.0500. The second-order valence-electron chi connectivity index (χ2n) is 7.25. The predicted octanol–water partition coefficient (Wildman–Crippen LogP) is 3.01. The Hall–Kier alpha value is -2.87. The first-order valence-corrected chi connectivity index (χ1v) is 9.97. The van der Waals surface area contributed by atoms with E-state index in [4.69, 9.17) is 16.3 Å². The number of aromatic nitrogens is 2. The topological polar surface area (TPSA) is 96.6 Å². The maximum atomic E-state index is 12.2. The van der Waals surface area contributed by atoms with Crippen molar-refractivity contribution >= 4 is 17.7 Å². The van der Waals surface area contributed by atoms with E-state index in [-0.39, 0.29) is 29.8 Å². The highest BCUT2D eigenvalue weighted by molar-refractivity contribution is 6.31. The van der Waals surface area contributed by atoms with Gasteiger partial charge in [-0.3, -0.25) is 4.68 Å². The summed E-state index contributed by atoms with van der Waals surface area (Å²) in [6, 6.07) is 16.1. The molecule has 3 aromatic rings. The zero-order chi connectivity index (χ0) is 21.3. The molecule has 7 nitrogen and oxygen atoms in total. The van der Waals surface area contributed by atoms with Crippen molar-refractivity contribution in [3.63, 3.8) is 0 Å². The number of nitrogens with one attached hydrogen (secondary N) is 1. The number of hydrogen-bond acceptors (Lipinski definition) is 5. The van der Waals surface area contributed by atoms with Gasteiger partial charge in [-0.15, -0.1) is 0 Å². The molecule has 156 valence electrons. The number of aryl methyl sites for hydroxylation is 1. The fraction of sp³-hybridized carbons (Fsp3) is 0.273. The summed E-state index contributed by atoms with van der Waals surface area (Å²) in [5.41, 5.74) is 4.68. The number of benzene rings is 2. The quantitative estimate of drug-likeness (QED) is 0.562. The maximum Gasteiger partial charge on any atom is 0.407 e. The van der Waals surface area contributed by atoms with Crippen LogP contribution < -0.4 is 5.32 Å². The lowest BCUT2D eigenvalue weighted by atomic mass is 9.98. The van der Waals surface area contributed by atoms with Gasteiger partial charge in [0.25, 0.3) is 0 Å². The number of alkyl carbamates (subject to hydrolysis) is 1. The van der Waals surface area contributed by atoms with Crippen LogP contribution in [0.3, 0.4) is 0 Å². The van der Waals surface area contributed by atoms with Crippen molar-refractivity contribution in [1.29, 1.82) is 0 Å². The number of amides is 1. The second-order valence-corrected chi connectivity index (χ2v) is 7.66. The predicted molar refractivity (Wildman–Crippen MR) is 112 cm³/mol. The first-order chi connectivity index (χ1) is 14.5. The number of carbonyl (C=O) groups excluding carboxylic acids is 1. The van der Waals surface area contributed by atoms with Crippen LogP contribution in [-0.2, 0) is 11.8 Å². The number of aliphatic hydroxyl groups excluding tert-OH is 2. The highest BCUT2D eigenvalue weighted by Crippen LogP contribution is 2.44. The Balaban J connectivity index is 1.35. The standard InChI is InChI=1S/C22H22ClN3O4/c1-26-11-18(23)20(25-26)21(28)19(27)10-24-22(29)30-12-17-15-8-4-2-6-13(15)14-7-3-5-9-16(14)17/h2-9,11,17,19,21,27-28H,10,12H2,1H3,(H,24,29). The Morgan fingerprint density at radius 3 is 2.33 bits per heavy atom. The molecule has 2 unspecified atom stereocenters. The average Bonchev–Trinajstić information content (AvgIpc) is 3.26. The average molecular weight is 428 g/mol. The maximum absolute atomic E-state index is 12.2. The molecule has 2 atom stereocenters. The Morgan fingerprint density at radius 2 is 1.77 bits per heavy atom. The van der Waals surface area contributed by atoms with Crippen LogP contribution in [0, 0.1) is 0 Å². The molecule has 0 fully saturated rings. The van der Waals surface area contributed by atoms with Crippen molar-refractivity contribution in [2.45, 2.75) is 18.1 Å². The largest absolute Gasteiger partial charge is 0.449 e. The fourth-order valence-electron chi connectivity index (χ4n) is 3.81. The Bertz CT molecular complexity index is 1020. The number of carbonyl (C=O) groups is 1. The van der Waals surface area contributed by atoms with E-state index in [1.165, 1.54) is 10.9 Å². The van der Waals surface area contributed by atoms with Crippen LogP contribution in [0.2, 0.25) is 5.02 Å². The van der Waals surface area contributed by atoms with Gasteiger partial charge in [-0.2, -0.15) is 5.10 Å². The third-order valence-corrected chi connectivity index (χ3v) is 5.55. The van der Waals surface area contributed by atoms with Crippen LogP contribution >= 0.6 is 11.6 Å². The molecule has 0 spiro atoms. The zero-order valence-electron chi connectivity index (χ0n) is 16.3. The van der Waals surface area contributed by atoms with Gasteiger partial charge in [0.05, 0.1) is 5.02 Å². The highest BCUT2D eigenvalue weighted by atomic mass is 35.5. The number of aliphatic hydroxyl groups is 2. The van der Waals surface area contributed by atoms with Gasteiger partial charge in [0.1, 0.15) is 24.5 Å². The molecule has 0 radical (unpaired) electrons. The highest BCUT2D eigenvalue weighted by Gasteiger charge is 2.29. The summed E-state index contributed by atoms with van der Waals surface area (Å²) in [6.45, 7) is -0.0324. The van der Waals surface area contributed by atoms with Gasteiger partial charge in [-0.1, -0.05) is 60.1 Å². The Labute approximate surface area is 178 Å². The molecular weight excluding hydrogens is 406 g/mol. The summed E-state index contributed by atoms with van der Waals surface area (Å²) in [5, 5.41) is 27.1. The number of halogens is 1. The van der Waals surface area contributed by atoms with Crippen molar-refractivity contribution in [2.75, 3.05) is 13.2 Å². The summed E-state index contributed by atoms with van der Waals surface area (Å²) >= 11 is 5.99. The van der Waals surface area contributed by atoms with Crippen LogP contribution in [0.15, 0.2) is 54.7 Å². The van der Waals surface area contributed by atoms with Gasteiger partial charge in [0.15, 0.2) is 0 Å². The van der Waals surface area contributed by atoms with Crippen LogP contribution in [0.1, 0.15) is 28.8 Å². The third kappa shape index (κ3) is 3.92. The molecule has 3 N–H and O–H groups in total. The minimum absolute atomic E-state index is 0.0500. The van der Waals surface area contributed by atoms with Gasteiger partial charge in [-0.25, -0.2) is 4.79 Å². The molecule has 0 bridgehead atoms. The van der Waals surface area contributed by atoms with E-state index in [0.29, 0.717) is 0 Å². The van der Waals surface area contributed by atoms with Crippen molar-refractivity contribution in [1.82, 2.24) is 15.1 Å². The molecule has 1 amide bonds. The van der Waals surface area contributed by atoms with Crippen molar-refractivity contribution in [2.24, 2.45) is 7.05 Å². The molecule has 1 aromatic heterocycles. The summed E-state index contributed by atoms with van der Waals surface area (Å²) < 4.78 is 6.85. The lowest BCUT2D eigenvalue weighted by Crippen LogP contribution is -2.36. The van der Waals surface area contributed by atoms with Crippen LogP contribution in [0.4, 0.5) is 4.79 Å². The normalized spacial score (nSPS) is 14.7. The van der Waals surface area contributed by atoms with Crippen molar-refractivity contribution < 1.29 is 19.7 Å². The van der Waals surface area contributed by atoms with E-state index in [2.05, 4.69) is 22.5 Å². The number of nitrogens with zero attached hydrogens (tertiary/aromatic N) is 2. The summed E-state index contributed by atoms with van der Waals surface area (Å²) in [7, 11) is 1.66. The summed E-state index contributed by atoms with van der Waals surface area (Å²) in [4.78, 5) is 12.2. The molecule has 0 aliphatic heterocycles. The molecule has 4 rings (SSSR count). The van der Waals surface area contributed by atoms with Gasteiger partial charge >= 0.3 is 6.09 Å². The van der Waals surface area contributed by atoms with Gasteiger partial charge in [-0.05, 0) is 22.3 Å². The van der Waals surface area contributed by atoms with Gasteiger partial charge < -0.3 is 20.3 Å². The van der Waals surface area contributed by atoms with E-state index in [1.807, 2.05) is 36.4 Å². The number of hydrogen-bond donors (Lipinski definition) is 3. The number of ether oxygens (including phenoxy) is 1. The lowest BCUT2D eigenvalue weighted by molar-refractivity contribution is 0.0158. The van der Waals surface area contributed by atoms with Gasteiger partial charge in [0.2, 0.25) is 0 Å². The van der Waals surface area contributed by atoms with Crippen molar-refractivity contribution in [3.05, 3.63) is 76.6 Å². The minimum Gasteiger partial charge on any atom is -0.449 e. The van der Waals surface area contributed by atoms with E-state index in [1.54, 1.807) is 7.05 Å². The number of fused-ring (bicyclic) bond motifs is 3. The molecular formula is C22H22ClN3O4. The third-order valence-electron chi connectivity index (χ3n) is 5.25. The molecule has 0 saturated carbocycles. The van der Waals surface area contributed by atoms with Gasteiger partial charge in [0, 0.05) is 25.7 Å². The lowest BCUT2D eigenvalue weighted by Gasteiger charge is -2.18. The fourth-order valence-corrected chi connectivity index (χ4v) is 4.10. The van der Waals surface area contributed by atoms with E-state index in [0.717, 1.165) is 22.3 Å². The van der Waals surface area contributed by atoms with Crippen LogP contribution in [0.25, 0.3) is 11.1 Å². The van der Waals surface area contributed by atoms with E-state index in [9.17, 15) is 15.0 Å². The Morgan fingerprint density at radius 1 is 1.17 bits per heavy atom. The summed E-state index contributed by atoms with van der Waals surface area (Å²) in [6.07, 6.45) is -1.76.